The molecule has 0 bridgehead atoms. The number of carbonyl (C=O) groups excluding carboxylic acids is 1. The third-order valence-corrected chi connectivity index (χ3v) is 5.29. The summed E-state index contributed by atoms with van der Waals surface area (Å²) < 4.78 is 51.2. The smallest absolute Gasteiger partial charge is 0.341 e. The summed E-state index contributed by atoms with van der Waals surface area (Å²) in [6.45, 7) is 0.697. The highest BCUT2D eigenvalue weighted by atomic mass is 35.5. The Morgan fingerprint density at radius 1 is 1.25 bits per heavy atom. The van der Waals surface area contributed by atoms with E-state index < -0.39 is 17.9 Å². The maximum atomic E-state index is 13.5. The third kappa shape index (κ3) is 5.28. The highest BCUT2D eigenvalue weighted by Gasteiger charge is 2.32. The van der Waals surface area contributed by atoms with Gasteiger partial charge in [0.25, 0.3) is 0 Å². The summed E-state index contributed by atoms with van der Waals surface area (Å²) in [6, 6.07) is 5.50. The lowest BCUT2D eigenvalue weighted by Gasteiger charge is -2.36. The molecule has 1 saturated heterocycles. The number of carbonyl (C=O) groups is 1. The molecule has 0 unspecified atom stereocenters. The van der Waals surface area contributed by atoms with Crippen molar-refractivity contribution in [2.75, 3.05) is 18.9 Å². The quantitative estimate of drug-likeness (QED) is 0.490. The highest BCUT2D eigenvalue weighted by Crippen LogP contribution is 2.30. The topological polar surface area (TPSA) is 85.9 Å². The molecule has 3 aromatic rings. The van der Waals surface area contributed by atoms with Gasteiger partial charge in [0.1, 0.15) is 17.3 Å². The van der Waals surface area contributed by atoms with E-state index in [0.29, 0.717) is 36.2 Å². The van der Waals surface area contributed by atoms with E-state index >= 15 is 0 Å². The van der Waals surface area contributed by atoms with Crippen LogP contribution in [0.3, 0.4) is 0 Å². The van der Waals surface area contributed by atoms with Crippen LogP contribution in [0, 0.1) is 5.82 Å². The Morgan fingerprint density at radius 2 is 2.03 bits per heavy atom. The summed E-state index contributed by atoms with van der Waals surface area (Å²) in [6.07, 6.45) is -2.31. The fraction of sp³-hybridized carbons (Fsp3) is 0.350. The lowest BCUT2D eigenvalue weighted by molar-refractivity contribution is -0.141. The van der Waals surface area contributed by atoms with E-state index in [2.05, 4.69) is 30.5 Å². The number of hydrogen-bond donors (Lipinski definition) is 3. The highest BCUT2D eigenvalue weighted by molar-refractivity contribution is 5.89. The van der Waals surface area contributed by atoms with Crippen LogP contribution in [0.4, 0.5) is 28.0 Å². The fourth-order valence-electron chi connectivity index (χ4n) is 3.68. The third-order valence-electron chi connectivity index (χ3n) is 5.29. The maximum absolute atomic E-state index is 13.5. The molecule has 2 atom stereocenters. The minimum Gasteiger partial charge on any atom is -0.341 e. The number of nitrogens with zero attached hydrogens (tertiary/aromatic N) is 3. The van der Waals surface area contributed by atoms with Gasteiger partial charge >= 0.3 is 12.2 Å². The summed E-state index contributed by atoms with van der Waals surface area (Å²) >= 11 is 0. The normalized spacial score (nSPS) is 19.4. The number of halogens is 5. The van der Waals surface area contributed by atoms with Crippen LogP contribution in [-0.2, 0) is 6.18 Å². The molecule has 7 nitrogen and oxygen atoms in total. The number of fused-ring (bicyclic) bond motifs is 1. The molecule has 32 heavy (non-hydrogen) atoms. The molecule has 2 amide bonds. The first-order chi connectivity index (χ1) is 14.7. The molecule has 1 aliphatic rings. The van der Waals surface area contributed by atoms with Gasteiger partial charge in [-0.25, -0.2) is 19.2 Å². The molecule has 0 radical (unpaired) electrons. The number of imidazole rings is 1. The van der Waals surface area contributed by atoms with Gasteiger partial charge in [0.05, 0.1) is 29.0 Å². The van der Waals surface area contributed by atoms with Crippen molar-refractivity contribution < 1.29 is 22.4 Å². The summed E-state index contributed by atoms with van der Waals surface area (Å²) in [5, 5.41) is 5.35. The van der Waals surface area contributed by atoms with Crippen molar-refractivity contribution in [3.05, 3.63) is 53.9 Å². The zero-order valence-corrected chi connectivity index (χ0v) is 17.7. The van der Waals surface area contributed by atoms with Crippen LogP contribution in [-0.4, -0.2) is 45.5 Å². The van der Waals surface area contributed by atoms with E-state index in [1.165, 1.54) is 12.1 Å². The molecule has 0 aliphatic carbocycles. The van der Waals surface area contributed by atoms with Crippen LogP contribution in [0.5, 0.6) is 0 Å². The Morgan fingerprint density at radius 3 is 2.72 bits per heavy atom. The van der Waals surface area contributed by atoms with Crippen LogP contribution in [0.25, 0.3) is 11.0 Å². The number of pyridine rings is 1. The average molecular weight is 473 g/mol. The monoisotopic (exact) mass is 472 g/mol. The summed E-state index contributed by atoms with van der Waals surface area (Å²) in [5.41, 5.74) is 0.398. The Hall–Kier alpha value is -2.92. The number of rotatable bonds is 3. The number of piperidine rings is 1. The minimum atomic E-state index is -4.54. The standard InChI is InChI=1S/C20H20F4N6O.ClH/c1-30-7-6-12(9-16(30)18-28-14-4-2-11(21)8-15(14)29-18)26-19(31)27-13-3-5-17(25-10-13)20(22,23)24;/h2-5,8,10,12,16H,6-7,9H2,1H3,(H,28,29)(H2,26,27,31);1H/t12-,16-;/m1./s1. The van der Waals surface area contributed by atoms with Crippen molar-refractivity contribution in [2.45, 2.75) is 31.1 Å². The van der Waals surface area contributed by atoms with Crippen LogP contribution in [0.1, 0.15) is 30.4 Å². The number of benzene rings is 1. The molecule has 4 rings (SSSR count). The number of H-pyrrole nitrogens is 1. The Kier molecular flexibility index (Phi) is 6.89. The van der Waals surface area contributed by atoms with E-state index in [4.69, 9.17) is 0 Å². The molecule has 1 fully saturated rings. The van der Waals surface area contributed by atoms with E-state index in [-0.39, 0.29) is 36.0 Å². The van der Waals surface area contributed by atoms with Crippen LogP contribution >= 0.6 is 12.4 Å². The van der Waals surface area contributed by atoms with Gasteiger partial charge < -0.3 is 15.6 Å². The van der Waals surface area contributed by atoms with E-state index in [1.54, 1.807) is 6.07 Å². The van der Waals surface area contributed by atoms with Crippen molar-refractivity contribution >= 4 is 35.2 Å². The zero-order chi connectivity index (χ0) is 22.2. The van der Waals surface area contributed by atoms with Gasteiger partial charge in [0.15, 0.2) is 0 Å². The van der Waals surface area contributed by atoms with E-state index in [0.717, 1.165) is 18.3 Å². The number of aromatic nitrogens is 3. The van der Waals surface area contributed by atoms with Crippen molar-refractivity contribution in [3.8, 4) is 0 Å². The Balaban J connectivity index is 0.00000289. The van der Waals surface area contributed by atoms with E-state index in [1.807, 2.05) is 7.05 Å². The summed E-state index contributed by atoms with van der Waals surface area (Å²) in [5.74, 6) is 0.329. The number of aromatic amines is 1. The van der Waals surface area contributed by atoms with Crippen molar-refractivity contribution in [3.63, 3.8) is 0 Å². The number of urea groups is 1. The Labute approximate surface area is 187 Å². The molecule has 2 aromatic heterocycles. The van der Waals surface area contributed by atoms with E-state index in [9.17, 15) is 22.4 Å². The second kappa shape index (κ2) is 9.29. The number of anilines is 1. The molecule has 1 aromatic carbocycles. The molecule has 0 spiro atoms. The van der Waals surface area contributed by atoms with Gasteiger partial charge in [0, 0.05) is 12.6 Å². The zero-order valence-electron chi connectivity index (χ0n) is 16.9. The first-order valence-corrected chi connectivity index (χ1v) is 9.65. The lowest BCUT2D eigenvalue weighted by atomic mass is 9.97. The minimum absolute atomic E-state index is 0. The Bertz CT molecular complexity index is 1090. The molecular weight excluding hydrogens is 452 g/mol. The first kappa shape index (κ1) is 23.7. The summed E-state index contributed by atoms with van der Waals surface area (Å²) in [4.78, 5) is 25.4. The number of likely N-dealkylation sites (tertiary alicyclic amines) is 1. The lowest BCUT2D eigenvalue weighted by Crippen LogP contribution is -2.46. The molecule has 0 saturated carbocycles. The summed E-state index contributed by atoms with van der Waals surface area (Å²) in [7, 11) is 1.95. The number of hydrogen-bond acceptors (Lipinski definition) is 4. The van der Waals surface area contributed by atoms with Gasteiger partial charge in [-0.15, -0.1) is 12.4 Å². The van der Waals surface area contributed by atoms with Gasteiger partial charge in [-0.1, -0.05) is 0 Å². The van der Waals surface area contributed by atoms with Gasteiger partial charge in [0.2, 0.25) is 0 Å². The van der Waals surface area contributed by atoms with Gasteiger partial charge in [-0.05, 0) is 50.2 Å². The van der Waals surface area contributed by atoms with Gasteiger partial charge in [-0.2, -0.15) is 13.2 Å². The molecule has 172 valence electrons. The predicted molar refractivity (Wildman–Crippen MR) is 113 cm³/mol. The van der Waals surface area contributed by atoms with Crippen molar-refractivity contribution in [2.24, 2.45) is 0 Å². The maximum Gasteiger partial charge on any atom is 0.433 e. The molecular formula is C20H21ClF4N6O. The van der Waals surface area contributed by atoms with Crippen LogP contribution in [0.15, 0.2) is 36.5 Å². The van der Waals surface area contributed by atoms with Crippen LogP contribution < -0.4 is 10.6 Å². The molecule has 3 heterocycles. The fourth-order valence-corrected chi connectivity index (χ4v) is 3.68. The SMILES string of the molecule is CN1CC[C@@H](NC(=O)Nc2ccc(C(F)(F)F)nc2)C[C@@H]1c1nc2ccc(F)cc2[nH]1.Cl. The van der Waals surface area contributed by atoms with Crippen LogP contribution in [0.2, 0.25) is 0 Å². The first-order valence-electron chi connectivity index (χ1n) is 9.65. The second-order valence-corrected chi connectivity index (χ2v) is 7.53. The number of amides is 2. The molecule has 1 aliphatic heterocycles. The van der Waals surface area contributed by atoms with Gasteiger partial charge in [-0.3, -0.25) is 4.90 Å². The second-order valence-electron chi connectivity index (χ2n) is 7.53. The van der Waals surface area contributed by atoms with Crippen molar-refractivity contribution in [1.82, 2.24) is 25.2 Å². The van der Waals surface area contributed by atoms with Crippen molar-refractivity contribution in [1.29, 1.82) is 0 Å². The predicted octanol–water partition coefficient (Wildman–Crippen LogP) is 4.49. The average Bonchev–Trinajstić information content (AvgIpc) is 3.12. The molecule has 3 N–H and O–H groups in total. The largest absolute Gasteiger partial charge is 0.433 e. The molecule has 12 heteroatoms. The number of alkyl halides is 3. The number of nitrogens with one attached hydrogen (secondary N) is 3.